The van der Waals surface area contributed by atoms with E-state index in [0.29, 0.717) is 30.5 Å². The molecule has 5 nitrogen and oxygen atoms in total. The highest BCUT2D eigenvalue weighted by molar-refractivity contribution is 5.21. The molecule has 0 amide bonds. The standard InChI is InChI=1S/C13H13F2N3O2/c14-8-2-1-7(10(15)4-8)3-12-17-13(20-18-12)9-5-19-6-11(9)16/h1-2,4,9,11H,3,5-6,16H2. The van der Waals surface area contributed by atoms with Crippen molar-refractivity contribution in [2.75, 3.05) is 13.2 Å². The fraction of sp³-hybridized carbons (Fsp3) is 0.385. The van der Waals surface area contributed by atoms with Crippen molar-refractivity contribution < 1.29 is 18.0 Å². The molecule has 0 aliphatic carbocycles. The van der Waals surface area contributed by atoms with Crippen molar-refractivity contribution in [2.24, 2.45) is 5.73 Å². The highest BCUT2D eigenvalue weighted by atomic mass is 19.1. The van der Waals surface area contributed by atoms with Gasteiger partial charge >= 0.3 is 0 Å². The average Bonchev–Trinajstić information content (AvgIpc) is 3.01. The van der Waals surface area contributed by atoms with Gasteiger partial charge in [-0.05, 0) is 11.6 Å². The molecule has 0 spiro atoms. The van der Waals surface area contributed by atoms with Crippen molar-refractivity contribution in [3.63, 3.8) is 0 Å². The summed E-state index contributed by atoms with van der Waals surface area (Å²) in [6.45, 7) is 0.892. The fourth-order valence-corrected chi connectivity index (χ4v) is 2.15. The summed E-state index contributed by atoms with van der Waals surface area (Å²) in [5.74, 6) is -0.641. The Bertz CT molecular complexity index is 617. The first-order valence-electron chi connectivity index (χ1n) is 6.23. The molecular formula is C13H13F2N3O2. The number of nitrogens with zero attached hydrogens (tertiary/aromatic N) is 2. The summed E-state index contributed by atoms with van der Waals surface area (Å²) in [5.41, 5.74) is 6.17. The molecule has 20 heavy (non-hydrogen) atoms. The van der Waals surface area contributed by atoms with Crippen LogP contribution in [-0.2, 0) is 11.2 Å². The summed E-state index contributed by atoms with van der Waals surface area (Å²) in [5, 5.41) is 3.80. The Hall–Kier alpha value is -1.86. The summed E-state index contributed by atoms with van der Waals surface area (Å²) in [7, 11) is 0. The van der Waals surface area contributed by atoms with Crippen LogP contribution in [0.3, 0.4) is 0 Å². The van der Waals surface area contributed by atoms with Crippen LogP contribution in [0.2, 0.25) is 0 Å². The van der Waals surface area contributed by atoms with Crippen molar-refractivity contribution in [2.45, 2.75) is 18.4 Å². The van der Waals surface area contributed by atoms with Crippen LogP contribution < -0.4 is 5.73 Å². The van der Waals surface area contributed by atoms with E-state index >= 15 is 0 Å². The molecule has 2 N–H and O–H groups in total. The van der Waals surface area contributed by atoms with Crippen molar-refractivity contribution >= 4 is 0 Å². The molecule has 2 heterocycles. The number of rotatable bonds is 3. The molecule has 2 aromatic rings. The second-order valence-electron chi connectivity index (χ2n) is 4.77. The summed E-state index contributed by atoms with van der Waals surface area (Å²) in [6.07, 6.45) is 0.137. The first-order chi connectivity index (χ1) is 9.63. The van der Waals surface area contributed by atoms with Crippen LogP contribution in [0.25, 0.3) is 0 Å². The van der Waals surface area contributed by atoms with Gasteiger partial charge in [-0.25, -0.2) is 8.78 Å². The fourth-order valence-electron chi connectivity index (χ4n) is 2.15. The zero-order valence-corrected chi connectivity index (χ0v) is 10.6. The normalized spacial score (nSPS) is 22.4. The van der Waals surface area contributed by atoms with Gasteiger partial charge in [0.2, 0.25) is 5.89 Å². The maximum atomic E-state index is 13.5. The Morgan fingerprint density at radius 3 is 2.85 bits per heavy atom. The lowest BCUT2D eigenvalue weighted by molar-refractivity contribution is 0.187. The second-order valence-corrected chi connectivity index (χ2v) is 4.77. The molecule has 2 unspecified atom stereocenters. The Labute approximate surface area is 113 Å². The van der Waals surface area contributed by atoms with E-state index in [-0.39, 0.29) is 18.4 Å². The van der Waals surface area contributed by atoms with Gasteiger partial charge in [-0.1, -0.05) is 11.2 Å². The van der Waals surface area contributed by atoms with Crippen molar-refractivity contribution in [1.82, 2.24) is 10.1 Å². The van der Waals surface area contributed by atoms with Crippen LogP contribution in [0.15, 0.2) is 22.7 Å². The number of hydrogen-bond donors (Lipinski definition) is 1. The number of ether oxygens (including phenoxy) is 1. The third-order valence-electron chi connectivity index (χ3n) is 3.29. The Balaban J connectivity index is 1.77. The SMILES string of the molecule is NC1COCC1c1nc(Cc2ccc(F)cc2F)no1. The van der Waals surface area contributed by atoms with Gasteiger partial charge in [-0.3, -0.25) is 0 Å². The Morgan fingerprint density at radius 1 is 1.30 bits per heavy atom. The van der Waals surface area contributed by atoms with Gasteiger partial charge in [0.25, 0.3) is 0 Å². The molecule has 7 heteroatoms. The van der Waals surface area contributed by atoms with E-state index in [1.807, 2.05) is 0 Å². The molecule has 3 rings (SSSR count). The molecule has 0 radical (unpaired) electrons. The van der Waals surface area contributed by atoms with Gasteiger partial charge in [-0.15, -0.1) is 0 Å². The lowest BCUT2D eigenvalue weighted by Gasteiger charge is -2.06. The van der Waals surface area contributed by atoms with Crippen molar-refractivity contribution in [3.8, 4) is 0 Å². The number of benzene rings is 1. The van der Waals surface area contributed by atoms with E-state index < -0.39 is 11.6 Å². The van der Waals surface area contributed by atoms with E-state index in [1.165, 1.54) is 12.1 Å². The highest BCUT2D eigenvalue weighted by Crippen LogP contribution is 2.23. The predicted molar refractivity (Wildman–Crippen MR) is 65.0 cm³/mol. The zero-order chi connectivity index (χ0) is 14.1. The molecule has 1 aliphatic heterocycles. The third kappa shape index (κ3) is 2.54. The average molecular weight is 281 g/mol. The van der Waals surface area contributed by atoms with E-state index in [0.717, 1.165) is 6.07 Å². The molecule has 1 saturated heterocycles. The summed E-state index contributed by atoms with van der Waals surface area (Å²) in [6, 6.07) is 3.22. The summed E-state index contributed by atoms with van der Waals surface area (Å²) in [4.78, 5) is 4.20. The van der Waals surface area contributed by atoms with Crippen molar-refractivity contribution in [3.05, 3.63) is 47.1 Å². The molecular weight excluding hydrogens is 268 g/mol. The number of aromatic nitrogens is 2. The quantitative estimate of drug-likeness (QED) is 0.920. The van der Waals surface area contributed by atoms with Crippen LogP contribution in [0.5, 0.6) is 0 Å². The van der Waals surface area contributed by atoms with Gasteiger partial charge in [0.1, 0.15) is 11.6 Å². The van der Waals surface area contributed by atoms with E-state index in [9.17, 15) is 8.78 Å². The van der Waals surface area contributed by atoms with Crippen LogP contribution >= 0.6 is 0 Å². The van der Waals surface area contributed by atoms with E-state index in [4.69, 9.17) is 15.0 Å². The predicted octanol–water partition coefficient (Wildman–Crippen LogP) is 1.38. The second kappa shape index (κ2) is 5.26. The number of nitrogens with two attached hydrogens (primary N) is 1. The zero-order valence-electron chi connectivity index (χ0n) is 10.6. The minimum Gasteiger partial charge on any atom is -0.379 e. The number of halogens is 2. The van der Waals surface area contributed by atoms with E-state index in [2.05, 4.69) is 10.1 Å². The van der Waals surface area contributed by atoms with Gasteiger partial charge in [0.15, 0.2) is 5.82 Å². The molecule has 0 saturated carbocycles. The van der Waals surface area contributed by atoms with Crippen LogP contribution in [0.4, 0.5) is 8.78 Å². The summed E-state index contributed by atoms with van der Waals surface area (Å²) >= 11 is 0. The lowest BCUT2D eigenvalue weighted by Crippen LogP contribution is -2.27. The highest BCUT2D eigenvalue weighted by Gasteiger charge is 2.31. The molecule has 2 atom stereocenters. The minimum atomic E-state index is -0.628. The van der Waals surface area contributed by atoms with Gasteiger partial charge < -0.3 is 15.0 Å². The third-order valence-corrected chi connectivity index (χ3v) is 3.29. The maximum absolute atomic E-state index is 13.5. The van der Waals surface area contributed by atoms with Crippen LogP contribution in [0.1, 0.15) is 23.2 Å². The molecule has 1 aliphatic rings. The number of hydrogen-bond acceptors (Lipinski definition) is 5. The summed E-state index contributed by atoms with van der Waals surface area (Å²) < 4.78 is 36.7. The van der Waals surface area contributed by atoms with Gasteiger partial charge in [0.05, 0.1) is 19.1 Å². The molecule has 1 fully saturated rings. The first kappa shape index (κ1) is 13.1. The molecule has 0 bridgehead atoms. The largest absolute Gasteiger partial charge is 0.379 e. The molecule has 106 valence electrons. The molecule has 1 aromatic carbocycles. The van der Waals surface area contributed by atoms with Crippen LogP contribution in [0, 0.1) is 11.6 Å². The van der Waals surface area contributed by atoms with Crippen LogP contribution in [-0.4, -0.2) is 29.4 Å². The van der Waals surface area contributed by atoms with Gasteiger partial charge in [-0.2, -0.15) is 4.98 Å². The molecule has 1 aromatic heterocycles. The van der Waals surface area contributed by atoms with E-state index in [1.54, 1.807) is 0 Å². The lowest BCUT2D eigenvalue weighted by atomic mass is 10.1. The minimum absolute atomic E-state index is 0.130. The topological polar surface area (TPSA) is 74.2 Å². The first-order valence-corrected chi connectivity index (χ1v) is 6.23. The Kier molecular flexibility index (Phi) is 3.45. The van der Waals surface area contributed by atoms with Gasteiger partial charge in [0, 0.05) is 18.5 Å². The Morgan fingerprint density at radius 2 is 2.15 bits per heavy atom. The maximum Gasteiger partial charge on any atom is 0.233 e. The van der Waals surface area contributed by atoms with Crippen molar-refractivity contribution in [1.29, 1.82) is 0 Å². The monoisotopic (exact) mass is 281 g/mol. The smallest absolute Gasteiger partial charge is 0.233 e.